The number of benzene rings is 1. The van der Waals surface area contributed by atoms with Crippen LogP contribution in [0.2, 0.25) is 0 Å². The van der Waals surface area contributed by atoms with E-state index in [-0.39, 0.29) is 18.7 Å². The molecule has 1 fully saturated rings. The minimum atomic E-state index is -0.858. The number of halogens is 2. The lowest BCUT2D eigenvalue weighted by molar-refractivity contribution is -0.118. The highest BCUT2D eigenvalue weighted by atomic mass is 19.1. The quantitative estimate of drug-likeness (QED) is 0.932. The van der Waals surface area contributed by atoms with Gasteiger partial charge in [0, 0.05) is 12.6 Å². The molecule has 6 nitrogen and oxygen atoms in total. The highest BCUT2D eigenvalue weighted by Crippen LogP contribution is 2.27. The Hall–Kier alpha value is -2.77. The van der Waals surface area contributed by atoms with Crippen molar-refractivity contribution >= 4 is 17.5 Å². The van der Waals surface area contributed by atoms with Crippen molar-refractivity contribution in [3.8, 4) is 0 Å². The molecule has 2 amide bonds. The Bertz CT molecular complexity index is 698. The Kier molecular flexibility index (Phi) is 3.58. The number of hydrogen-bond donors (Lipinski definition) is 1. The molecule has 2 heterocycles. The first-order chi connectivity index (χ1) is 10.6. The van der Waals surface area contributed by atoms with Crippen molar-refractivity contribution in [1.29, 1.82) is 0 Å². The van der Waals surface area contributed by atoms with Gasteiger partial charge in [0.1, 0.15) is 29.6 Å². The normalized spacial score (nSPS) is 17.8. The van der Waals surface area contributed by atoms with Gasteiger partial charge in [-0.2, -0.15) is 0 Å². The molecule has 0 radical (unpaired) electrons. The Morgan fingerprint density at radius 2 is 2.05 bits per heavy atom. The second kappa shape index (κ2) is 5.55. The summed E-state index contributed by atoms with van der Waals surface area (Å²) in [5.74, 6) is -2.79. The number of carbonyl (C=O) groups excluding carboxylic acids is 2. The third kappa shape index (κ3) is 2.43. The molecule has 1 aliphatic rings. The van der Waals surface area contributed by atoms with Crippen LogP contribution < -0.4 is 10.2 Å². The molecule has 0 aliphatic carbocycles. The molecule has 2 aromatic rings. The molecule has 114 valence electrons. The van der Waals surface area contributed by atoms with E-state index in [1.807, 2.05) is 0 Å². The van der Waals surface area contributed by atoms with Gasteiger partial charge in [0.05, 0.1) is 0 Å². The summed E-state index contributed by atoms with van der Waals surface area (Å²) in [5, 5.41) is 5.93. The first-order valence-electron chi connectivity index (χ1n) is 6.54. The molecule has 1 aromatic carbocycles. The molecule has 1 unspecified atom stereocenters. The van der Waals surface area contributed by atoms with E-state index in [0.29, 0.717) is 0 Å². The van der Waals surface area contributed by atoms with E-state index in [9.17, 15) is 18.4 Å². The summed E-state index contributed by atoms with van der Waals surface area (Å²) < 4.78 is 32.0. The van der Waals surface area contributed by atoms with E-state index in [0.717, 1.165) is 17.0 Å². The van der Waals surface area contributed by atoms with Gasteiger partial charge in [0.25, 0.3) is 5.91 Å². The molecule has 0 spiro atoms. The van der Waals surface area contributed by atoms with E-state index >= 15 is 0 Å². The van der Waals surface area contributed by atoms with Crippen LogP contribution in [0, 0.1) is 11.6 Å². The Balaban J connectivity index is 1.77. The number of nitrogens with zero attached hydrogens (tertiary/aromatic N) is 2. The molecular weight excluding hydrogens is 296 g/mol. The third-order valence-electron chi connectivity index (χ3n) is 3.39. The standard InChI is InChI=1S/C14H11F2N3O3/c15-8-2-1-3-9(16)12(8)19-6-4-11(14(19)21)17-13(20)10-5-7-22-18-10/h1-3,5,7,11H,4,6H2,(H,17,20). The fraction of sp³-hybridized carbons (Fsp3) is 0.214. The van der Waals surface area contributed by atoms with E-state index in [4.69, 9.17) is 0 Å². The molecular formula is C14H11F2N3O3. The maximum absolute atomic E-state index is 13.7. The summed E-state index contributed by atoms with van der Waals surface area (Å²) >= 11 is 0. The second-order valence-electron chi connectivity index (χ2n) is 4.76. The average Bonchev–Trinajstić information content (AvgIpc) is 3.12. The van der Waals surface area contributed by atoms with Crippen LogP contribution in [0.25, 0.3) is 0 Å². The number of rotatable bonds is 3. The van der Waals surface area contributed by atoms with Gasteiger partial charge in [-0.25, -0.2) is 8.78 Å². The summed E-state index contributed by atoms with van der Waals surface area (Å²) in [6, 6.07) is 3.87. The van der Waals surface area contributed by atoms with E-state index < -0.39 is 35.2 Å². The fourth-order valence-electron chi connectivity index (χ4n) is 2.34. The number of hydrogen-bond acceptors (Lipinski definition) is 4. The number of aromatic nitrogens is 1. The molecule has 0 bridgehead atoms. The first kappa shape index (κ1) is 14.2. The van der Waals surface area contributed by atoms with Crippen molar-refractivity contribution < 1.29 is 22.9 Å². The maximum atomic E-state index is 13.7. The number of nitrogens with one attached hydrogen (secondary N) is 1. The van der Waals surface area contributed by atoms with Crippen molar-refractivity contribution in [2.45, 2.75) is 12.5 Å². The highest BCUT2D eigenvalue weighted by Gasteiger charge is 2.36. The molecule has 0 saturated carbocycles. The molecule has 22 heavy (non-hydrogen) atoms. The first-order valence-corrected chi connectivity index (χ1v) is 6.54. The number of anilines is 1. The van der Waals surface area contributed by atoms with Crippen LogP contribution in [0.1, 0.15) is 16.9 Å². The van der Waals surface area contributed by atoms with Crippen LogP contribution in [0.5, 0.6) is 0 Å². The monoisotopic (exact) mass is 307 g/mol. The van der Waals surface area contributed by atoms with Crippen molar-refractivity contribution in [2.75, 3.05) is 11.4 Å². The van der Waals surface area contributed by atoms with Gasteiger partial charge >= 0.3 is 0 Å². The average molecular weight is 307 g/mol. The number of carbonyl (C=O) groups is 2. The van der Waals surface area contributed by atoms with Crippen LogP contribution in [-0.2, 0) is 4.79 Å². The van der Waals surface area contributed by atoms with Gasteiger partial charge in [0.2, 0.25) is 5.91 Å². The lowest BCUT2D eigenvalue weighted by Crippen LogP contribution is -2.42. The summed E-state index contributed by atoms with van der Waals surface area (Å²) in [4.78, 5) is 25.1. The lowest BCUT2D eigenvalue weighted by atomic mass is 10.2. The van der Waals surface area contributed by atoms with Crippen LogP contribution in [0.4, 0.5) is 14.5 Å². The Labute approximate surface area is 123 Å². The molecule has 1 N–H and O–H groups in total. The van der Waals surface area contributed by atoms with Gasteiger partial charge < -0.3 is 14.7 Å². The third-order valence-corrected chi connectivity index (χ3v) is 3.39. The fourth-order valence-corrected chi connectivity index (χ4v) is 2.34. The maximum Gasteiger partial charge on any atom is 0.274 e. The van der Waals surface area contributed by atoms with Crippen molar-refractivity contribution in [3.63, 3.8) is 0 Å². The zero-order valence-corrected chi connectivity index (χ0v) is 11.3. The van der Waals surface area contributed by atoms with Gasteiger partial charge in [-0.1, -0.05) is 11.2 Å². The summed E-state index contributed by atoms with van der Waals surface area (Å²) in [6.45, 7) is 0.112. The van der Waals surface area contributed by atoms with Crippen LogP contribution in [-0.4, -0.2) is 29.6 Å². The largest absolute Gasteiger partial charge is 0.364 e. The van der Waals surface area contributed by atoms with Crippen LogP contribution in [0.3, 0.4) is 0 Å². The predicted molar refractivity (Wildman–Crippen MR) is 71.1 cm³/mol. The minimum Gasteiger partial charge on any atom is -0.364 e. The topological polar surface area (TPSA) is 75.4 Å². The van der Waals surface area contributed by atoms with Gasteiger partial charge in [-0.3, -0.25) is 9.59 Å². The van der Waals surface area contributed by atoms with E-state index in [2.05, 4.69) is 15.0 Å². The van der Waals surface area contributed by atoms with Gasteiger partial charge in [0.15, 0.2) is 5.69 Å². The Morgan fingerprint density at radius 3 is 2.68 bits per heavy atom. The summed E-state index contributed by atoms with van der Waals surface area (Å²) in [6.07, 6.45) is 1.47. The molecule has 1 atom stereocenters. The lowest BCUT2D eigenvalue weighted by Gasteiger charge is -2.18. The SMILES string of the molecule is O=C(NC1CCN(c2c(F)cccc2F)C1=O)c1ccon1. The Morgan fingerprint density at radius 1 is 1.32 bits per heavy atom. The summed E-state index contributed by atoms with van der Waals surface area (Å²) in [7, 11) is 0. The molecule has 3 rings (SSSR count). The molecule has 1 aromatic heterocycles. The second-order valence-corrected chi connectivity index (χ2v) is 4.76. The van der Waals surface area contributed by atoms with Crippen molar-refractivity contribution in [1.82, 2.24) is 10.5 Å². The van der Waals surface area contributed by atoms with Crippen molar-refractivity contribution in [2.24, 2.45) is 0 Å². The van der Waals surface area contributed by atoms with Crippen molar-refractivity contribution in [3.05, 3.63) is 47.9 Å². The predicted octanol–water partition coefficient (Wildman–Crippen LogP) is 1.49. The van der Waals surface area contributed by atoms with E-state index in [1.165, 1.54) is 18.4 Å². The molecule has 1 aliphatic heterocycles. The number of para-hydroxylation sites is 1. The smallest absolute Gasteiger partial charge is 0.274 e. The van der Waals surface area contributed by atoms with Crippen LogP contribution in [0.15, 0.2) is 35.1 Å². The van der Waals surface area contributed by atoms with Gasteiger partial charge in [-0.05, 0) is 18.6 Å². The van der Waals surface area contributed by atoms with E-state index in [1.54, 1.807) is 0 Å². The molecule has 8 heteroatoms. The van der Waals surface area contributed by atoms with Gasteiger partial charge in [-0.15, -0.1) is 0 Å². The summed E-state index contributed by atoms with van der Waals surface area (Å²) in [5.41, 5.74) is -0.367. The highest BCUT2D eigenvalue weighted by molar-refractivity contribution is 6.03. The zero-order chi connectivity index (χ0) is 15.7. The zero-order valence-electron chi connectivity index (χ0n) is 11.3. The van der Waals surface area contributed by atoms with Crippen LogP contribution >= 0.6 is 0 Å². The number of amides is 2. The minimum absolute atomic E-state index is 0.0309. The molecule has 1 saturated heterocycles.